The number of hydrogen-bond donors (Lipinski definition) is 3. The summed E-state index contributed by atoms with van der Waals surface area (Å²) in [4.78, 5) is 63.3. The summed E-state index contributed by atoms with van der Waals surface area (Å²) in [5.41, 5.74) is -5.03. The standard InChI is InChI=1S/C32H38F2N3O7PS/c1-19-18-44-24(20-9-6-5-7-10-20)17-37(19)29(39)23-11-8-14-36(23)30(40)27(31(2,3)4)35-28(38)26-16-21-15-22(12-13-25(21)46-26)32(33,34)45(41,42)43/h5-7,9-10,12-13,15-16,19,23-24,27H,8,11,14,17-18H2,1-4H3,(H,35,38)(H2,41,42,43)/t19?,23-,24?,27?/m0/s1. The Hall–Kier alpha value is -3.22. The van der Waals surface area contributed by atoms with Gasteiger partial charge in [-0.15, -0.1) is 11.3 Å². The van der Waals surface area contributed by atoms with Gasteiger partial charge in [0.1, 0.15) is 18.2 Å². The predicted molar refractivity (Wildman–Crippen MR) is 170 cm³/mol. The number of thiophene rings is 1. The van der Waals surface area contributed by atoms with Gasteiger partial charge in [0.25, 0.3) is 5.91 Å². The first-order valence-electron chi connectivity index (χ1n) is 15.0. The Morgan fingerprint density at radius 1 is 1.07 bits per heavy atom. The van der Waals surface area contributed by atoms with E-state index in [1.54, 1.807) is 30.6 Å². The lowest BCUT2D eigenvalue weighted by Gasteiger charge is -2.41. The smallest absolute Gasteiger partial charge is 0.370 e. The van der Waals surface area contributed by atoms with Crippen molar-refractivity contribution in [2.45, 2.75) is 70.4 Å². The molecule has 3 N–H and O–H groups in total. The lowest BCUT2D eigenvalue weighted by molar-refractivity contribution is -0.154. The second-order valence-corrected chi connectivity index (χ2v) is 15.7. The SMILES string of the molecule is CC1COC(c2ccccc2)CN1C(=O)[C@@H]1CCCN1C(=O)C(NC(=O)c1cc2cc(C(F)(F)P(=O)(O)O)ccc2s1)C(C)(C)C. The molecule has 1 aromatic heterocycles. The summed E-state index contributed by atoms with van der Waals surface area (Å²) < 4.78 is 46.4. The first-order chi connectivity index (χ1) is 21.5. The Bertz CT molecular complexity index is 1670. The van der Waals surface area contributed by atoms with E-state index in [2.05, 4.69) is 5.32 Å². The maximum absolute atomic E-state index is 14.3. The van der Waals surface area contributed by atoms with Crippen molar-refractivity contribution in [3.63, 3.8) is 0 Å². The van der Waals surface area contributed by atoms with E-state index in [0.717, 1.165) is 29.0 Å². The molecule has 10 nitrogen and oxygen atoms in total. The van der Waals surface area contributed by atoms with Gasteiger partial charge >= 0.3 is 13.3 Å². The highest BCUT2D eigenvalue weighted by Crippen LogP contribution is 2.59. The van der Waals surface area contributed by atoms with Crippen molar-refractivity contribution in [1.29, 1.82) is 0 Å². The van der Waals surface area contributed by atoms with Gasteiger partial charge in [-0.05, 0) is 54.3 Å². The number of ether oxygens (including phenoxy) is 1. The molecule has 2 aliphatic heterocycles. The summed E-state index contributed by atoms with van der Waals surface area (Å²) >= 11 is 1.00. The molecule has 0 saturated carbocycles. The van der Waals surface area contributed by atoms with E-state index in [0.29, 0.717) is 37.2 Å². The second kappa shape index (κ2) is 12.8. The number of halogens is 2. The van der Waals surface area contributed by atoms with Crippen molar-refractivity contribution < 1.29 is 42.3 Å². The molecule has 0 spiro atoms. The zero-order valence-electron chi connectivity index (χ0n) is 26.0. The minimum atomic E-state index is -5.77. The van der Waals surface area contributed by atoms with Crippen LogP contribution in [0.5, 0.6) is 0 Å². The number of likely N-dealkylation sites (tertiary alicyclic amines) is 1. The summed E-state index contributed by atoms with van der Waals surface area (Å²) in [5, 5.41) is 3.03. The van der Waals surface area contributed by atoms with Crippen molar-refractivity contribution in [1.82, 2.24) is 15.1 Å². The van der Waals surface area contributed by atoms with Gasteiger partial charge in [0.05, 0.1) is 24.1 Å². The minimum Gasteiger partial charge on any atom is -0.370 e. The molecule has 14 heteroatoms. The lowest BCUT2D eigenvalue weighted by Crippen LogP contribution is -2.59. The summed E-state index contributed by atoms with van der Waals surface area (Å²) in [6.45, 7) is 8.41. The summed E-state index contributed by atoms with van der Waals surface area (Å²) in [7, 11) is -5.77. The zero-order chi connectivity index (χ0) is 33.6. The first-order valence-corrected chi connectivity index (χ1v) is 17.5. The molecule has 3 unspecified atom stereocenters. The number of fused-ring (bicyclic) bond motifs is 1. The maximum Gasteiger partial charge on any atom is 0.399 e. The average Bonchev–Trinajstić information content (AvgIpc) is 3.66. The van der Waals surface area contributed by atoms with Gasteiger partial charge in [-0.1, -0.05) is 57.2 Å². The summed E-state index contributed by atoms with van der Waals surface area (Å²) in [5.74, 6) is -1.15. The molecule has 2 saturated heterocycles. The number of hydrogen-bond acceptors (Lipinski definition) is 6. The van der Waals surface area contributed by atoms with Gasteiger partial charge < -0.3 is 29.6 Å². The van der Waals surface area contributed by atoms with Gasteiger partial charge in [-0.3, -0.25) is 18.9 Å². The molecule has 0 aliphatic carbocycles. The molecule has 2 aromatic carbocycles. The normalized spacial score (nSPS) is 21.8. The third kappa shape index (κ3) is 6.75. The number of nitrogens with one attached hydrogen (secondary N) is 1. The monoisotopic (exact) mass is 677 g/mol. The lowest BCUT2D eigenvalue weighted by atomic mass is 9.85. The van der Waals surface area contributed by atoms with Gasteiger partial charge in [0.15, 0.2) is 0 Å². The number of carbonyl (C=O) groups excluding carboxylic acids is 3. The fourth-order valence-corrected chi connectivity index (χ4v) is 7.36. The second-order valence-electron chi connectivity index (χ2n) is 13.0. The van der Waals surface area contributed by atoms with Crippen LogP contribution >= 0.6 is 18.9 Å². The van der Waals surface area contributed by atoms with Crippen LogP contribution in [0.15, 0.2) is 54.6 Å². The molecule has 0 bridgehead atoms. The Morgan fingerprint density at radius 3 is 2.41 bits per heavy atom. The van der Waals surface area contributed by atoms with E-state index in [1.165, 1.54) is 12.1 Å². The van der Waals surface area contributed by atoms with Crippen LogP contribution in [0.1, 0.15) is 67.4 Å². The molecule has 3 aromatic rings. The van der Waals surface area contributed by atoms with Gasteiger partial charge in [0, 0.05) is 16.8 Å². The average molecular weight is 678 g/mol. The van der Waals surface area contributed by atoms with Crippen molar-refractivity contribution >= 4 is 46.7 Å². The number of benzene rings is 2. The highest BCUT2D eigenvalue weighted by Gasteiger charge is 2.50. The fourth-order valence-electron chi connectivity index (χ4n) is 5.94. The molecule has 5 rings (SSSR count). The number of carbonyl (C=O) groups is 3. The van der Waals surface area contributed by atoms with Crippen LogP contribution < -0.4 is 5.32 Å². The first kappa shape index (κ1) is 34.1. The van der Waals surface area contributed by atoms with E-state index in [1.807, 2.05) is 37.3 Å². The van der Waals surface area contributed by atoms with Crippen molar-refractivity contribution in [3.8, 4) is 0 Å². The number of morpholine rings is 1. The molecule has 2 aliphatic rings. The Balaban J connectivity index is 1.34. The van der Waals surface area contributed by atoms with E-state index in [-0.39, 0.29) is 34.2 Å². The van der Waals surface area contributed by atoms with Crippen molar-refractivity contribution in [2.75, 3.05) is 19.7 Å². The van der Waals surface area contributed by atoms with Crippen LogP contribution in [-0.4, -0.2) is 75.1 Å². The molecule has 0 radical (unpaired) electrons. The van der Waals surface area contributed by atoms with E-state index in [9.17, 15) is 27.7 Å². The van der Waals surface area contributed by atoms with Crippen LogP contribution in [0, 0.1) is 5.41 Å². The Labute approximate surface area is 269 Å². The number of rotatable bonds is 7. The zero-order valence-corrected chi connectivity index (χ0v) is 27.7. The van der Waals surface area contributed by atoms with Crippen LogP contribution in [0.25, 0.3) is 10.1 Å². The van der Waals surface area contributed by atoms with Crippen LogP contribution in [0.2, 0.25) is 0 Å². The van der Waals surface area contributed by atoms with Crippen molar-refractivity contribution in [2.24, 2.45) is 5.41 Å². The highest BCUT2D eigenvalue weighted by molar-refractivity contribution is 7.52. The van der Waals surface area contributed by atoms with Crippen molar-refractivity contribution in [3.05, 3.63) is 70.6 Å². The summed E-state index contributed by atoms with van der Waals surface area (Å²) in [6, 6.07) is 12.3. The third-order valence-electron chi connectivity index (χ3n) is 8.55. The van der Waals surface area contributed by atoms with E-state index >= 15 is 0 Å². The maximum atomic E-state index is 14.3. The van der Waals surface area contributed by atoms with E-state index < -0.39 is 42.2 Å². The van der Waals surface area contributed by atoms with Crippen LogP contribution in [-0.2, 0) is 24.6 Å². The Morgan fingerprint density at radius 2 is 1.76 bits per heavy atom. The van der Waals surface area contributed by atoms with Gasteiger partial charge in [-0.2, -0.15) is 8.78 Å². The molecular weight excluding hydrogens is 639 g/mol. The molecule has 46 heavy (non-hydrogen) atoms. The number of amides is 3. The quantitative estimate of drug-likeness (QED) is 0.291. The molecule has 4 atom stereocenters. The minimum absolute atomic E-state index is 0.136. The molecule has 3 heterocycles. The van der Waals surface area contributed by atoms with Crippen LogP contribution in [0.4, 0.5) is 8.78 Å². The predicted octanol–water partition coefficient (Wildman–Crippen LogP) is 5.25. The summed E-state index contributed by atoms with van der Waals surface area (Å²) in [6.07, 6.45) is 0.841. The molecule has 2 fully saturated rings. The fraction of sp³-hybridized carbons (Fsp3) is 0.469. The molecule has 3 amide bonds. The van der Waals surface area contributed by atoms with E-state index in [4.69, 9.17) is 14.5 Å². The molecule has 248 valence electrons. The largest absolute Gasteiger partial charge is 0.399 e. The van der Waals surface area contributed by atoms with Gasteiger partial charge in [-0.25, -0.2) is 0 Å². The molecular formula is C32H38F2N3O7PS. The van der Waals surface area contributed by atoms with Gasteiger partial charge in [0.2, 0.25) is 11.8 Å². The highest BCUT2D eigenvalue weighted by atomic mass is 32.1. The number of alkyl halides is 2. The van der Waals surface area contributed by atoms with Crippen LogP contribution in [0.3, 0.4) is 0 Å². The topological polar surface area (TPSA) is 136 Å². The third-order valence-corrected chi connectivity index (χ3v) is 10.7. The number of nitrogens with zero attached hydrogens (tertiary/aromatic N) is 2. The Kier molecular flexibility index (Phi) is 9.47.